The van der Waals surface area contributed by atoms with Crippen molar-refractivity contribution in [2.45, 2.75) is 10.9 Å². The van der Waals surface area contributed by atoms with Crippen LogP contribution in [0, 0.1) is 0 Å². The van der Waals surface area contributed by atoms with Crippen molar-refractivity contribution in [2.24, 2.45) is 7.05 Å². The van der Waals surface area contributed by atoms with E-state index in [-0.39, 0.29) is 17.5 Å². The van der Waals surface area contributed by atoms with Crippen molar-refractivity contribution in [3.8, 4) is 0 Å². The topological polar surface area (TPSA) is 91.8 Å². The summed E-state index contributed by atoms with van der Waals surface area (Å²) in [6.45, 7) is 0.182. The maximum Gasteiger partial charge on any atom is 0.240 e. The Kier molecular flexibility index (Phi) is 5.16. The fourth-order valence-corrected chi connectivity index (χ4v) is 5.08. The summed E-state index contributed by atoms with van der Waals surface area (Å²) in [4.78, 5) is 7.36. The number of nitrogens with zero attached hydrogens (tertiary/aromatic N) is 2. The van der Waals surface area contributed by atoms with Crippen LogP contribution in [0.2, 0.25) is 0 Å². The fourth-order valence-electron chi connectivity index (χ4n) is 4.01. The fraction of sp³-hybridized carbons (Fsp3) is 0.125. The molecule has 1 atom stereocenters. The third kappa shape index (κ3) is 3.86. The van der Waals surface area contributed by atoms with Crippen molar-refractivity contribution in [2.75, 3.05) is 11.9 Å². The number of fused-ring (bicyclic) bond motifs is 2. The molecule has 8 heteroatoms. The molecule has 5 rings (SSSR count). The zero-order valence-electron chi connectivity index (χ0n) is 17.5. The van der Waals surface area contributed by atoms with E-state index in [4.69, 9.17) is 0 Å². The van der Waals surface area contributed by atoms with Crippen LogP contribution in [-0.4, -0.2) is 29.5 Å². The van der Waals surface area contributed by atoms with Crippen LogP contribution in [0.5, 0.6) is 0 Å². The largest absolute Gasteiger partial charge is 0.377 e. The second-order valence-corrected chi connectivity index (χ2v) is 9.49. The number of anilines is 1. The van der Waals surface area contributed by atoms with E-state index < -0.39 is 10.0 Å². The molecule has 2 aromatic carbocycles. The summed E-state index contributed by atoms with van der Waals surface area (Å²) >= 11 is 0. The molecule has 0 saturated carbocycles. The lowest BCUT2D eigenvalue weighted by molar-refractivity contribution is 0.576. The quantitative estimate of drug-likeness (QED) is 0.350. The van der Waals surface area contributed by atoms with Crippen LogP contribution in [0.1, 0.15) is 11.6 Å². The van der Waals surface area contributed by atoms with Gasteiger partial charge in [0, 0.05) is 66.1 Å². The maximum atomic E-state index is 13.1. The Morgan fingerprint density at radius 3 is 2.72 bits per heavy atom. The molecule has 0 aliphatic carbocycles. The molecule has 32 heavy (non-hydrogen) atoms. The first kappa shape index (κ1) is 20.3. The van der Waals surface area contributed by atoms with Gasteiger partial charge in [-0.15, -0.1) is 0 Å². The van der Waals surface area contributed by atoms with E-state index >= 15 is 0 Å². The van der Waals surface area contributed by atoms with Gasteiger partial charge in [-0.3, -0.25) is 4.98 Å². The lowest BCUT2D eigenvalue weighted by Gasteiger charge is -2.20. The summed E-state index contributed by atoms with van der Waals surface area (Å²) < 4.78 is 31.0. The van der Waals surface area contributed by atoms with Gasteiger partial charge in [0.15, 0.2) is 0 Å². The summed E-state index contributed by atoms with van der Waals surface area (Å²) in [6, 6.07) is 18.5. The third-order valence-corrected chi connectivity index (χ3v) is 7.06. The van der Waals surface area contributed by atoms with Gasteiger partial charge >= 0.3 is 0 Å². The van der Waals surface area contributed by atoms with Crippen molar-refractivity contribution in [3.63, 3.8) is 0 Å². The Labute approximate surface area is 186 Å². The highest BCUT2D eigenvalue weighted by molar-refractivity contribution is 7.89. The highest BCUT2D eigenvalue weighted by Crippen LogP contribution is 2.29. The summed E-state index contributed by atoms with van der Waals surface area (Å²) in [5.41, 5.74) is 3.75. The van der Waals surface area contributed by atoms with Crippen molar-refractivity contribution >= 4 is 37.5 Å². The van der Waals surface area contributed by atoms with Gasteiger partial charge in [0.1, 0.15) is 0 Å². The monoisotopic (exact) mass is 445 g/mol. The zero-order chi connectivity index (χ0) is 22.1. The van der Waals surface area contributed by atoms with Gasteiger partial charge in [-0.1, -0.05) is 24.3 Å². The van der Waals surface area contributed by atoms with Gasteiger partial charge < -0.3 is 14.9 Å². The third-order valence-electron chi connectivity index (χ3n) is 5.64. The summed E-state index contributed by atoms with van der Waals surface area (Å²) in [7, 11) is -1.71. The van der Waals surface area contributed by atoms with Crippen LogP contribution >= 0.6 is 0 Å². The van der Waals surface area contributed by atoms with Crippen molar-refractivity contribution in [3.05, 3.63) is 91.0 Å². The minimum absolute atomic E-state index is 0.182. The lowest BCUT2D eigenvalue weighted by atomic mass is 10.1. The molecule has 3 N–H and O–H groups in total. The Balaban J connectivity index is 1.47. The molecule has 162 valence electrons. The molecular weight excluding hydrogens is 422 g/mol. The van der Waals surface area contributed by atoms with Crippen LogP contribution in [0.15, 0.2) is 90.3 Å². The van der Waals surface area contributed by atoms with Crippen molar-refractivity contribution in [1.29, 1.82) is 0 Å². The predicted molar refractivity (Wildman–Crippen MR) is 127 cm³/mol. The molecule has 0 fully saturated rings. The average molecular weight is 446 g/mol. The van der Waals surface area contributed by atoms with Gasteiger partial charge in [0.2, 0.25) is 10.0 Å². The van der Waals surface area contributed by atoms with Gasteiger partial charge in [-0.25, -0.2) is 13.1 Å². The molecule has 0 aliphatic heterocycles. The number of nitrogens with one attached hydrogen (secondary N) is 3. The minimum Gasteiger partial charge on any atom is -0.377 e. The SMILES string of the molecule is Cn1cc(C(CNS(=O)(=O)c2ccc3cc[nH]c3c2)Nc2ccncc2)c2ccccc21. The number of aryl methyl sites for hydroxylation is 1. The normalized spacial score (nSPS) is 12.9. The molecule has 1 unspecified atom stereocenters. The number of sulfonamides is 1. The van der Waals surface area contributed by atoms with E-state index in [1.807, 2.05) is 43.6 Å². The average Bonchev–Trinajstić information content (AvgIpc) is 3.41. The molecule has 3 heterocycles. The van der Waals surface area contributed by atoms with Gasteiger partial charge in [0.05, 0.1) is 10.9 Å². The number of benzene rings is 2. The highest BCUT2D eigenvalue weighted by atomic mass is 32.2. The van der Waals surface area contributed by atoms with E-state index in [0.29, 0.717) is 0 Å². The molecule has 0 aliphatic rings. The Morgan fingerprint density at radius 1 is 1.06 bits per heavy atom. The number of rotatable bonds is 7. The van der Waals surface area contributed by atoms with Crippen LogP contribution in [-0.2, 0) is 17.1 Å². The van der Waals surface area contributed by atoms with Crippen LogP contribution in [0.3, 0.4) is 0 Å². The van der Waals surface area contributed by atoms with E-state index in [2.05, 4.69) is 36.7 Å². The highest BCUT2D eigenvalue weighted by Gasteiger charge is 2.21. The predicted octanol–water partition coefficient (Wildman–Crippen LogP) is 4.19. The van der Waals surface area contributed by atoms with Gasteiger partial charge in [-0.2, -0.15) is 0 Å². The van der Waals surface area contributed by atoms with Crippen LogP contribution < -0.4 is 10.0 Å². The summed E-state index contributed by atoms with van der Waals surface area (Å²) in [5.74, 6) is 0. The van der Waals surface area contributed by atoms with Crippen LogP contribution in [0.25, 0.3) is 21.8 Å². The molecule has 0 amide bonds. The Bertz CT molecular complexity index is 1490. The van der Waals surface area contributed by atoms with E-state index in [1.165, 1.54) is 0 Å². The molecule has 0 spiro atoms. The Morgan fingerprint density at radius 2 is 1.88 bits per heavy atom. The maximum absolute atomic E-state index is 13.1. The lowest BCUT2D eigenvalue weighted by Crippen LogP contribution is -2.31. The first-order valence-corrected chi connectivity index (χ1v) is 11.8. The standard InChI is InChI=1S/C24H23N5O2S/c1-29-16-21(20-4-2-3-5-24(20)29)23(28-18-9-11-25-12-10-18)15-27-32(30,31)19-7-6-17-8-13-26-22(17)14-19/h2-14,16,23,26-27H,15H2,1H3,(H,25,28). The van der Waals surface area contributed by atoms with Gasteiger partial charge in [-0.05, 0) is 41.8 Å². The molecule has 0 saturated heterocycles. The number of pyridine rings is 1. The van der Waals surface area contributed by atoms with Crippen molar-refractivity contribution in [1.82, 2.24) is 19.3 Å². The zero-order valence-corrected chi connectivity index (χ0v) is 18.3. The minimum atomic E-state index is -3.70. The molecule has 7 nitrogen and oxygen atoms in total. The molecular formula is C24H23N5O2S. The summed E-state index contributed by atoms with van der Waals surface area (Å²) in [5, 5.41) is 5.51. The molecule has 5 aromatic rings. The number of aromatic nitrogens is 3. The molecule has 0 bridgehead atoms. The first-order valence-electron chi connectivity index (χ1n) is 10.3. The van der Waals surface area contributed by atoms with E-state index in [9.17, 15) is 8.42 Å². The number of hydrogen-bond donors (Lipinski definition) is 3. The first-order chi connectivity index (χ1) is 15.5. The number of aromatic amines is 1. The second-order valence-electron chi connectivity index (χ2n) is 7.72. The number of para-hydroxylation sites is 1. The second kappa shape index (κ2) is 8.14. The van der Waals surface area contributed by atoms with Crippen molar-refractivity contribution < 1.29 is 8.42 Å². The molecule has 0 radical (unpaired) electrons. The van der Waals surface area contributed by atoms with E-state index in [1.54, 1.807) is 36.8 Å². The summed E-state index contributed by atoms with van der Waals surface area (Å²) in [6.07, 6.45) is 7.25. The smallest absolute Gasteiger partial charge is 0.240 e. The van der Waals surface area contributed by atoms with Gasteiger partial charge in [0.25, 0.3) is 0 Å². The number of H-pyrrole nitrogens is 1. The Hall–Kier alpha value is -3.62. The molecule has 3 aromatic heterocycles. The van der Waals surface area contributed by atoms with Crippen LogP contribution in [0.4, 0.5) is 5.69 Å². The number of hydrogen-bond acceptors (Lipinski definition) is 4. The van der Waals surface area contributed by atoms with E-state index in [0.717, 1.165) is 33.1 Å².